The number of nitrogens with one attached hydrogen (secondary N) is 1. The predicted octanol–water partition coefficient (Wildman–Crippen LogP) is 1.34. The Morgan fingerprint density at radius 2 is 2.28 bits per heavy atom. The SMILES string of the molecule is C=CCCOC(C)C(=O)N[C@@H]1CCC[C@@H]1C(=O)O. The minimum atomic E-state index is -0.835. The Balaban J connectivity index is 2.38. The number of aliphatic carboxylic acids is 1. The highest BCUT2D eigenvalue weighted by Crippen LogP contribution is 2.25. The van der Waals surface area contributed by atoms with E-state index in [1.54, 1.807) is 13.0 Å². The van der Waals surface area contributed by atoms with Crippen LogP contribution < -0.4 is 5.32 Å². The van der Waals surface area contributed by atoms with Crippen molar-refractivity contribution in [1.29, 1.82) is 0 Å². The molecule has 1 saturated carbocycles. The molecular formula is C13H21NO4. The summed E-state index contributed by atoms with van der Waals surface area (Å²) in [7, 11) is 0. The van der Waals surface area contributed by atoms with Gasteiger partial charge in [-0.05, 0) is 26.2 Å². The van der Waals surface area contributed by atoms with Crippen molar-refractivity contribution < 1.29 is 19.4 Å². The summed E-state index contributed by atoms with van der Waals surface area (Å²) in [4.78, 5) is 22.8. The molecule has 18 heavy (non-hydrogen) atoms. The highest BCUT2D eigenvalue weighted by Gasteiger charge is 2.34. The fourth-order valence-corrected chi connectivity index (χ4v) is 2.13. The van der Waals surface area contributed by atoms with E-state index in [0.717, 1.165) is 12.8 Å². The Kier molecular flexibility index (Phi) is 5.85. The third-order valence-electron chi connectivity index (χ3n) is 3.22. The smallest absolute Gasteiger partial charge is 0.308 e. The maximum Gasteiger partial charge on any atom is 0.308 e. The van der Waals surface area contributed by atoms with Gasteiger partial charge in [-0.25, -0.2) is 0 Å². The molecule has 1 aliphatic carbocycles. The monoisotopic (exact) mass is 255 g/mol. The third kappa shape index (κ3) is 4.14. The topological polar surface area (TPSA) is 75.6 Å². The average Bonchev–Trinajstić information content (AvgIpc) is 2.77. The summed E-state index contributed by atoms with van der Waals surface area (Å²) in [6.45, 7) is 5.69. The fraction of sp³-hybridized carbons (Fsp3) is 0.692. The summed E-state index contributed by atoms with van der Waals surface area (Å²) < 4.78 is 5.32. The second-order valence-electron chi connectivity index (χ2n) is 4.58. The van der Waals surface area contributed by atoms with Crippen LogP contribution in [0.1, 0.15) is 32.6 Å². The molecule has 0 heterocycles. The van der Waals surface area contributed by atoms with E-state index in [4.69, 9.17) is 9.84 Å². The van der Waals surface area contributed by atoms with E-state index >= 15 is 0 Å². The van der Waals surface area contributed by atoms with Gasteiger partial charge in [-0.3, -0.25) is 9.59 Å². The maximum absolute atomic E-state index is 11.8. The van der Waals surface area contributed by atoms with Gasteiger partial charge in [-0.2, -0.15) is 0 Å². The van der Waals surface area contributed by atoms with E-state index in [9.17, 15) is 9.59 Å². The standard InChI is InChI=1S/C13H21NO4/c1-3-4-8-18-9(2)12(15)14-11-7-5-6-10(11)13(16)17/h3,9-11H,1,4-8H2,2H3,(H,14,15)(H,16,17)/t9?,10-,11+/m0/s1. The Morgan fingerprint density at radius 3 is 2.89 bits per heavy atom. The lowest BCUT2D eigenvalue weighted by Crippen LogP contribution is -2.44. The number of ether oxygens (including phenoxy) is 1. The highest BCUT2D eigenvalue weighted by molar-refractivity contribution is 5.81. The van der Waals surface area contributed by atoms with Crippen LogP contribution in [0, 0.1) is 5.92 Å². The molecular weight excluding hydrogens is 234 g/mol. The molecule has 1 unspecified atom stereocenters. The molecule has 3 atom stereocenters. The number of carbonyl (C=O) groups is 2. The van der Waals surface area contributed by atoms with Crippen LogP contribution in [0.15, 0.2) is 12.7 Å². The molecule has 1 aliphatic rings. The van der Waals surface area contributed by atoms with E-state index in [0.29, 0.717) is 19.4 Å². The Morgan fingerprint density at radius 1 is 1.56 bits per heavy atom. The summed E-state index contributed by atoms with van der Waals surface area (Å²) in [5.41, 5.74) is 0. The van der Waals surface area contributed by atoms with Crippen molar-refractivity contribution >= 4 is 11.9 Å². The first-order valence-corrected chi connectivity index (χ1v) is 6.32. The zero-order valence-corrected chi connectivity index (χ0v) is 10.7. The van der Waals surface area contributed by atoms with Crippen molar-refractivity contribution in [2.45, 2.75) is 44.8 Å². The zero-order valence-electron chi connectivity index (χ0n) is 10.7. The fourth-order valence-electron chi connectivity index (χ4n) is 2.13. The number of hydrogen-bond donors (Lipinski definition) is 2. The molecule has 1 amide bonds. The third-order valence-corrected chi connectivity index (χ3v) is 3.22. The first kappa shape index (κ1) is 14.7. The lowest BCUT2D eigenvalue weighted by molar-refractivity contribution is -0.142. The quantitative estimate of drug-likeness (QED) is 0.531. The molecule has 0 aromatic rings. The van der Waals surface area contributed by atoms with Crippen LogP contribution in [0.3, 0.4) is 0 Å². The molecule has 0 saturated heterocycles. The highest BCUT2D eigenvalue weighted by atomic mass is 16.5. The molecule has 0 spiro atoms. The number of rotatable bonds is 7. The van der Waals surface area contributed by atoms with Gasteiger partial charge in [0.05, 0.1) is 12.5 Å². The van der Waals surface area contributed by atoms with Gasteiger partial charge in [-0.15, -0.1) is 6.58 Å². The van der Waals surface area contributed by atoms with Gasteiger partial charge in [0.2, 0.25) is 5.91 Å². The zero-order chi connectivity index (χ0) is 13.5. The van der Waals surface area contributed by atoms with Crippen LogP contribution in [0.25, 0.3) is 0 Å². The summed E-state index contributed by atoms with van der Waals surface area (Å²) in [6.07, 6.45) is 4.06. The number of carboxylic acid groups (broad SMARTS) is 1. The van der Waals surface area contributed by atoms with Gasteiger partial charge < -0.3 is 15.2 Å². The largest absolute Gasteiger partial charge is 0.481 e. The van der Waals surface area contributed by atoms with Crippen molar-refractivity contribution in [1.82, 2.24) is 5.32 Å². The minimum absolute atomic E-state index is 0.239. The van der Waals surface area contributed by atoms with Crippen LogP contribution in [-0.4, -0.2) is 35.7 Å². The summed E-state index contributed by atoms with van der Waals surface area (Å²) in [6, 6.07) is -0.263. The van der Waals surface area contributed by atoms with Gasteiger partial charge in [0.15, 0.2) is 0 Å². The molecule has 0 aromatic heterocycles. The van der Waals surface area contributed by atoms with Gasteiger partial charge in [0.25, 0.3) is 0 Å². The van der Waals surface area contributed by atoms with Crippen molar-refractivity contribution in [2.75, 3.05) is 6.61 Å². The molecule has 5 heteroatoms. The molecule has 1 fully saturated rings. The Labute approximate surface area is 107 Å². The first-order valence-electron chi connectivity index (χ1n) is 6.32. The van der Waals surface area contributed by atoms with E-state index < -0.39 is 18.0 Å². The normalized spacial score (nSPS) is 24.5. The Hall–Kier alpha value is -1.36. The van der Waals surface area contributed by atoms with Crippen LogP contribution in [0.5, 0.6) is 0 Å². The molecule has 5 nitrogen and oxygen atoms in total. The molecule has 0 aromatic carbocycles. The lowest BCUT2D eigenvalue weighted by atomic mass is 10.0. The molecule has 2 N–H and O–H groups in total. The number of carboxylic acids is 1. The van der Waals surface area contributed by atoms with Gasteiger partial charge in [0, 0.05) is 6.04 Å². The second kappa shape index (κ2) is 7.16. The summed E-state index contributed by atoms with van der Waals surface area (Å²) in [5, 5.41) is 11.8. The van der Waals surface area contributed by atoms with Crippen LogP contribution in [-0.2, 0) is 14.3 Å². The predicted molar refractivity (Wildman–Crippen MR) is 67.1 cm³/mol. The molecule has 0 radical (unpaired) electrons. The molecule has 1 rings (SSSR count). The molecule has 102 valence electrons. The van der Waals surface area contributed by atoms with Crippen LogP contribution in [0.4, 0.5) is 0 Å². The van der Waals surface area contributed by atoms with Crippen LogP contribution in [0.2, 0.25) is 0 Å². The lowest BCUT2D eigenvalue weighted by Gasteiger charge is -2.20. The van der Waals surface area contributed by atoms with Gasteiger partial charge in [-0.1, -0.05) is 12.5 Å². The van der Waals surface area contributed by atoms with Crippen LogP contribution >= 0.6 is 0 Å². The molecule has 0 bridgehead atoms. The van der Waals surface area contributed by atoms with E-state index in [1.165, 1.54) is 0 Å². The summed E-state index contributed by atoms with van der Waals surface area (Å²) in [5.74, 6) is -1.54. The van der Waals surface area contributed by atoms with E-state index in [1.807, 2.05) is 0 Å². The van der Waals surface area contributed by atoms with Crippen molar-refractivity contribution in [3.63, 3.8) is 0 Å². The average molecular weight is 255 g/mol. The van der Waals surface area contributed by atoms with Gasteiger partial charge in [0.1, 0.15) is 6.10 Å². The summed E-state index contributed by atoms with van der Waals surface area (Å²) >= 11 is 0. The number of carbonyl (C=O) groups excluding carboxylic acids is 1. The minimum Gasteiger partial charge on any atom is -0.481 e. The van der Waals surface area contributed by atoms with Crippen molar-refractivity contribution in [3.8, 4) is 0 Å². The number of amides is 1. The van der Waals surface area contributed by atoms with Crippen molar-refractivity contribution in [3.05, 3.63) is 12.7 Å². The number of hydrogen-bond acceptors (Lipinski definition) is 3. The maximum atomic E-state index is 11.8. The van der Waals surface area contributed by atoms with Gasteiger partial charge >= 0.3 is 5.97 Å². The second-order valence-corrected chi connectivity index (χ2v) is 4.58. The van der Waals surface area contributed by atoms with E-state index in [-0.39, 0.29) is 11.9 Å². The van der Waals surface area contributed by atoms with Crippen molar-refractivity contribution in [2.24, 2.45) is 5.92 Å². The first-order chi connectivity index (χ1) is 8.56. The molecule has 0 aliphatic heterocycles. The van der Waals surface area contributed by atoms with E-state index in [2.05, 4.69) is 11.9 Å². The Bertz CT molecular complexity index is 316.